The highest BCUT2D eigenvalue weighted by molar-refractivity contribution is 7.99. The average molecular weight is 272 g/mol. The van der Waals surface area contributed by atoms with Crippen LogP contribution in [0.2, 0.25) is 0 Å². The quantitative estimate of drug-likeness (QED) is 0.721. The number of amides is 1. The van der Waals surface area contributed by atoms with Crippen molar-refractivity contribution in [3.8, 4) is 0 Å². The van der Waals surface area contributed by atoms with E-state index >= 15 is 0 Å². The van der Waals surface area contributed by atoms with Crippen LogP contribution in [0.5, 0.6) is 0 Å². The summed E-state index contributed by atoms with van der Waals surface area (Å²) in [4.78, 5) is 23.0. The van der Waals surface area contributed by atoms with E-state index < -0.39 is 0 Å². The van der Waals surface area contributed by atoms with E-state index in [1.165, 1.54) is 11.8 Å². The molecule has 0 aliphatic heterocycles. The SMILES string of the molecule is CCCn1c(SCC(=O)NCC(C)C)n[nH]c1=O. The van der Waals surface area contributed by atoms with Crippen LogP contribution in [0, 0.1) is 5.92 Å². The fraction of sp³-hybridized carbons (Fsp3) is 0.727. The number of carbonyl (C=O) groups is 1. The molecular weight excluding hydrogens is 252 g/mol. The first kappa shape index (κ1) is 14.8. The Hall–Kier alpha value is -1.24. The zero-order valence-electron chi connectivity index (χ0n) is 11.0. The van der Waals surface area contributed by atoms with Gasteiger partial charge < -0.3 is 5.32 Å². The maximum Gasteiger partial charge on any atom is 0.343 e. The minimum Gasteiger partial charge on any atom is -0.355 e. The molecule has 0 atom stereocenters. The summed E-state index contributed by atoms with van der Waals surface area (Å²) in [6, 6.07) is 0. The number of aromatic amines is 1. The van der Waals surface area contributed by atoms with Crippen LogP contribution in [0.15, 0.2) is 9.95 Å². The van der Waals surface area contributed by atoms with E-state index in [4.69, 9.17) is 0 Å². The molecular formula is C11H20N4O2S. The normalized spacial score (nSPS) is 10.9. The van der Waals surface area contributed by atoms with Crippen molar-refractivity contribution in [3.05, 3.63) is 10.5 Å². The number of nitrogens with one attached hydrogen (secondary N) is 2. The highest BCUT2D eigenvalue weighted by Gasteiger charge is 2.10. The Kier molecular flexibility index (Phi) is 5.97. The summed E-state index contributed by atoms with van der Waals surface area (Å²) in [5.74, 6) is 0.676. The lowest BCUT2D eigenvalue weighted by Gasteiger charge is -2.07. The molecule has 102 valence electrons. The molecule has 0 spiro atoms. The van der Waals surface area contributed by atoms with E-state index in [-0.39, 0.29) is 17.3 Å². The third kappa shape index (κ3) is 4.56. The Morgan fingerprint density at radius 1 is 1.56 bits per heavy atom. The third-order valence-corrected chi connectivity index (χ3v) is 3.19. The van der Waals surface area contributed by atoms with E-state index in [1.807, 2.05) is 20.8 Å². The summed E-state index contributed by atoms with van der Waals surface area (Å²) in [6.07, 6.45) is 0.854. The van der Waals surface area contributed by atoms with Gasteiger partial charge in [-0.25, -0.2) is 9.89 Å². The van der Waals surface area contributed by atoms with Crippen molar-refractivity contribution < 1.29 is 4.79 Å². The molecule has 0 aliphatic carbocycles. The van der Waals surface area contributed by atoms with E-state index in [1.54, 1.807) is 4.57 Å². The van der Waals surface area contributed by atoms with Gasteiger partial charge in [0.2, 0.25) is 5.91 Å². The molecule has 0 saturated heterocycles. The molecule has 0 unspecified atom stereocenters. The molecule has 18 heavy (non-hydrogen) atoms. The summed E-state index contributed by atoms with van der Waals surface area (Å²) in [7, 11) is 0. The number of aromatic nitrogens is 3. The minimum atomic E-state index is -0.220. The molecule has 1 heterocycles. The van der Waals surface area contributed by atoms with Crippen LogP contribution in [0.4, 0.5) is 0 Å². The monoisotopic (exact) mass is 272 g/mol. The molecule has 1 rings (SSSR count). The van der Waals surface area contributed by atoms with Crippen LogP contribution in [-0.4, -0.2) is 33.0 Å². The maximum absolute atomic E-state index is 11.5. The molecule has 1 amide bonds. The van der Waals surface area contributed by atoms with Gasteiger partial charge in [0.1, 0.15) is 0 Å². The smallest absolute Gasteiger partial charge is 0.343 e. The molecule has 0 saturated carbocycles. The number of nitrogens with zero attached hydrogens (tertiary/aromatic N) is 2. The lowest BCUT2D eigenvalue weighted by Crippen LogP contribution is -2.29. The van der Waals surface area contributed by atoms with Gasteiger partial charge in [0.25, 0.3) is 0 Å². The van der Waals surface area contributed by atoms with Crippen LogP contribution in [0.25, 0.3) is 0 Å². The van der Waals surface area contributed by atoms with Crippen molar-refractivity contribution in [2.24, 2.45) is 5.92 Å². The number of hydrogen-bond acceptors (Lipinski definition) is 4. The van der Waals surface area contributed by atoms with E-state index in [0.29, 0.717) is 24.2 Å². The first-order valence-electron chi connectivity index (χ1n) is 6.09. The molecule has 2 N–H and O–H groups in total. The van der Waals surface area contributed by atoms with Crippen molar-refractivity contribution in [2.75, 3.05) is 12.3 Å². The second kappa shape index (κ2) is 7.25. The van der Waals surface area contributed by atoms with Crippen molar-refractivity contribution in [3.63, 3.8) is 0 Å². The van der Waals surface area contributed by atoms with Crippen LogP contribution < -0.4 is 11.0 Å². The summed E-state index contributed by atoms with van der Waals surface area (Å²) in [5.41, 5.74) is -0.220. The van der Waals surface area contributed by atoms with Crippen molar-refractivity contribution in [1.82, 2.24) is 20.1 Å². The third-order valence-electron chi connectivity index (χ3n) is 2.21. The number of carbonyl (C=O) groups excluding carboxylic acids is 1. The Morgan fingerprint density at radius 3 is 2.89 bits per heavy atom. The molecule has 0 radical (unpaired) electrons. The Balaban J connectivity index is 2.48. The van der Waals surface area contributed by atoms with E-state index in [0.717, 1.165) is 6.42 Å². The molecule has 1 aromatic rings. The van der Waals surface area contributed by atoms with Crippen LogP contribution in [-0.2, 0) is 11.3 Å². The Bertz CT molecular complexity index is 438. The van der Waals surface area contributed by atoms with Crippen LogP contribution in [0.1, 0.15) is 27.2 Å². The van der Waals surface area contributed by atoms with E-state index in [2.05, 4.69) is 15.5 Å². The summed E-state index contributed by atoms with van der Waals surface area (Å²) < 4.78 is 1.56. The lowest BCUT2D eigenvalue weighted by molar-refractivity contribution is -0.118. The van der Waals surface area contributed by atoms with Gasteiger partial charge in [0.05, 0.1) is 5.75 Å². The molecule has 6 nitrogen and oxygen atoms in total. The summed E-state index contributed by atoms with van der Waals surface area (Å²) in [6.45, 7) is 7.36. The molecule has 0 bridgehead atoms. The predicted molar refractivity (Wildman–Crippen MR) is 71.7 cm³/mol. The molecule has 0 fully saturated rings. The maximum atomic E-state index is 11.5. The average Bonchev–Trinajstić information content (AvgIpc) is 2.66. The molecule has 1 aromatic heterocycles. The van der Waals surface area contributed by atoms with Crippen molar-refractivity contribution in [1.29, 1.82) is 0 Å². The van der Waals surface area contributed by atoms with Gasteiger partial charge in [0, 0.05) is 13.1 Å². The van der Waals surface area contributed by atoms with Gasteiger partial charge in [0.15, 0.2) is 5.16 Å². The molecule has 7 heteroatoms. The lowest BCUT2D eigenvalue weighted by atomic mass is 10.2. The second-order valence-corrected chi connectivity index (χ2v) is 5.39. The Labute approximate surface area is 111 Å². The molecule has 0 aromatic carbocycles. The highest BCUT2D eigenvalue weighted by Crippen LogP contribution is 2.12. The van der Waals surface area contributed by atoms with Gasteiger partial charge in [-0.05, 0) is 12.3 Å². The largest absolute Gasteiger partial charge is 0.355 e. The topological polar surface area (TPSA) is 79.8 Å². The summed E-state index contributed by atoms with van der Waals surface area (Å²) in [5, 5.41) is 9.71. The van der Waals surface area contributed by atoms with Gasteiger partial charge in [-0.2, -0.15) is 0 Å². The predicted octanol–water partition coefficient (Wildman–Crippen LogP) is 0.846. The Morgan fingerprint density at radius 2 is 2.28 bits per heavy atom. The number of thioether (sulfide) groups is 1. The highest BCUT2D eigenvalue weighted by atomic mass is 32.2. The van der Waals surface area contributed by atoms with Gasteiger partial charge in [-0.15, -0.1) is 5.10 Å². The van der Waals surface area contributed by atoms with Crippen molar-refractivity contribution >= 4 is 17.7 Å². The van der Waals surface area contributed by atoms with Crippen molar-refractivity contribution in [2.45, 2.75) is 38.9 Å². The van der Waals surface area contributed by atoms with Gasteiger partial charge >= 0.3 is 5.69 Å². The standard InChI is InChI=1S/C11H20N4O2S/c1-4-5-15-10(17)13-14-11(15)18-7-9(16)12-6-8(2)3/h8H,4-7H2,1-3H3,(H,12,16)(H,13,17). The summed E-state index contributed by atoms with van der Waals surface area (Å²) >= 11 is 1.28. The number of H-pyrrole nitrogens is 1. The fourth-order valence-corrected chi connectivity index (χ4v) is 2.14. The number of hydrogen-bond donors (Lipinski definition) is 2. The van der Waals surface area contributed by atoms with Crippen LogP contribution in [0.3, 0.4) is 0 Å². The van der Waals surface area contributed by atoms with Gasteiger partial charge in [-0.3, -0.25) is 9.36 Å². The number of rotatable bonds is 7. The fourth-order valence-electron chi connectivity index (χ4n) is 1.33. The molecule has 0 aliphatic rings. The first-order valence-corrected chi connectivity index (χ1v) is 7.07. The first-order chi connectivity index (χ1) is 8.54. The second-order valence-electron chi connectivity index (χ2n) is 4.45. The van der Waals surface area contributed by atoms with E-state index in [9.17, 15) is 9.59 Å². The van der Waals surface area contributed by atoms with Gasteiger partial charge in [-0.1, -0.05) is 32.5 Å². The minimum absolute atomic E-state index is 0.0350. The zero-order chi connectivity index (χ0) is 13.5. The van der Waals surface area contributed by atoms with Crippen LogP contribution >= 0.6 is 11.8 Å². The zero-order valence-corrected chi connectivity index (χ0v) is 11.8.